The Kier molecular flexibility index (Phi) is 7.20. The summed E-state index contributed by atoms with van der Waals surface area (Å²) in [7, 11) is -2.03. The number of aromatic nitrogens is 1. The normalized spacial score (nSPS) is 14.0. The van der Waals surface area contributed by atoms with Crippen LogP contribution in [0.25, 0.3) is 10.2 Å². The Morgan fingerprint density at radius 2 is 1.88 bits per heavy atom. The Balaban J connectivity index is 1.66. The van der Waals surface area contributed by atoms with E-state index in [1.807, 2.05) is 23.6 Å². The number of sulfonamides is 1. The number of amides is 1. The fourth-order valence-corrected chi connectivity index (χ4v) is 5.86. The second-order valence-corrected chi connectivity index (χ2v) is 10.9. The SMILES string of the molecule is C=CCn1c(=NC(=O)c2ccc(S(=O)(=O)N(C)CCCC)cc2)sc2cc3c(cc21)OCCO3. The molecule has 0 saturated heterocycles. The van der Waals surface area contributed by atoms with E-state index in [-0.39, 0.29) is 4.90 Å². The number of carbonyl (C=O) groups is 1. The third-order valence-corrected chi connectivity index (χ3v) is 8.40. The molecule has 4 rings (SSSR count). The Hall–Kier alpha value is -2.95. The van der Waals surface area contributed by atoms with Crippen LogP contribution in [0.5, 0.6) is 11.5 Å². The Morgan fingerprint density at radius 1 is 1.21 bits per heavy atom. The minimum absolute atomic E-state index is 0.150. The predicted molar refractivity (Wildman–Crippen MR) is 132 cm³/mol. The number of hydrogen-bond acceptors (Lipinski definition) is 6. The van der Waals surface area contributed by atoms with Gasteiger partial charge in [-0.1, -0.05) is 30.8 Å². The van der Waals surface area contributed by atoms with E-state index < -0.39 is 15.9 Å². The highest BCUT2D eigenvalue weighted by atomic mass is 32.2. The van der Waals surface area contributed by atoms with E-state index in [1.54, 1.807) is 13.1 Å². The molecule has 1 aliphatic heterocycles. The first-order valence-corrected chi connectivity index (χ1v) is 13.3. The van der Waals surface area contributed by atoms with E-state index in [0.29, 0.717) is 48.2 Å². The number of thiazole rings is 1. The lowest BCUT2D eigenvalue weighted by molar-refractivity contribution is 0.0997. The molecule has 0 atom stereocenters. The fourth-order valence-electron chi connectivity index (χ4n) is 3.60. The van der Waals surface area contributed by atoms with Crippen LogP contribution in [-0.2, 0) is 16.6 Å². The summed E-state index contributed by atoms with van der Waals surface area (Å²) in [4.78, 5) is 17.9. The number of rotatable bonds is 8. The monoisotopic (exact) mass is 501 g/mol. The standard InChI is InChI=1S/C24H27N3O5S2/c1-4-6-12-26(3)34(29,30)18-9-7-17(8-10-18)23(28)25-24-27(11-5-2)19-15-20-21(16-22(19)33-24)32-14-13-31-20/h5,7-10,15-16H,2,4,6,11-14H2,1,3H3. The van der Waals surface area contributed by atoms with E-state index in [4.69, 9.17) is 9.47 Å². The van der Waals surface area contributed by atoms with Crippen molar-refractivity contribution < 1.29 is 22.7 Å². The van der Waals surface area contributed by atoms with Crippen LogP contribution in [-0.4, -0.2) is 50.0 Å². The van der Waals surface area contributed by atoms with Gasteiger partial charge in [-0.15, -0.1) is 6.58 Å². The van der Waals surface area contributed by atoms with Crippen LogP contribution in [0.15, 0.2) is 58.9 Å². The Morgan fingerprint density at radius 3 is 2.53 bits per heavy atom. The molecule has 2 heterocycles. The first-order valence-electron chi connectivity index (χ1n) is 11.0. The third kappa shape index (κ3) is 4.79. The molecule has 3 aromatic rings. The molecule has 0 aliphatic carbocycles. The van der Waals surface area contributed by atoms with Gasteiger partial charge in [0.25, 0.3) is 5.91 Å². The highest BCUT2D eigenvalue weighted by Crippen LogP contribution is 2.35. The maximum atomic E-state index is 12.9. The molecule has 0 radical (unpaired) electrons. The fraction of sp³-hybridized carbons (Fsp3) is 0.333. The lowest BCUT2D eigenvalue weighted by Gasteiger charge is -2.18. The van der Waals surface area contributed by atoms with Gasteiger partial charge in [0.1, 0.15) is 13.2 Å². The molecule has 0 unspecified atom stereocenters. The highest BCUT2D eigenvalue weighted by Gasteiger charge is 2.21. The molecular formula is C24H27N3O5S2. The summed E-state index contributed by atoms with van der Waals surface area (Å²) in [6.07, 6.45) is 3.43. The molecule has 34 heavy (non-hydrogen) atoms. The molecular weight excluding hydrogens is 474 g/mol. The number of nitrogens with zero attached hydrogens (tertiary/aromatic N) is 3. The van der Waals surface area contributed by atoms with Gasteiger partial charge in [0.05, 0.1) is 15.1 Å². The van der Waals surface area contributed by atoms with Crippen LogP contribution in [0.1, 0.15) is 30.1 Å². The van der Waals surface area contributed by atoms with Crippen molar-refractivity contribution in [3.05, 3.63) is 59.4 Å². The average molecular weight is 502 g/mol. The number of benzene rings is 2. The zero-order valence-corrected chi connectivity index (χ0v) is 20.8. The summed E-state index contributed by atoms with van der Waals surface area (Å²) in [6, 6.07) is 9.68. The largest absolute Gasteiger partial charge is 0.486 e. The molecule has 0 spiro atoms. The topological polar surface area (TPSA) is 90.2 Å². The van der Waals surface area contributed by atoms with Crippen LogP contribution < -0.4 is 14.3 Å². The van der Waals surface area contributed by atoms with Crippen LogP contribution in [0.4, 0.5) is 0 Å². The third-order valence-electron chi connectivity index (χ3n) is 5.49. The quantitative estimate of drug-likeness (QED) is 0.438. The Bertz CT molecular complexity index is 1390. The van der Waals surface area contributed by atoms with Crippen molar-refractivity contribution in [1.82, 2.24) is 8.87 Å². The first-order chi connectivity index (χ1) is 16.3. The van der Waals surface area contributed by atoms with Crippen LogP contribution in [0.2, 0.25) is 0 Å². The number of fused-ring (bicyclic) bond motifs is 2. The molecule has 0 fully saturated rings. The first kappa shape index (κ1) is 24.2. The van der Waals surface area contributed by atoms with Gasteiger partial charge in [-0.25, -0.2) is 12.7 Å². The van der Waals surface area contributed by atoms with Crippen LogP contribution >= 0.6 is 11.3 Å². The summed E-state index contributed by atoms with van der Waals surface area (Å²) in [6.45, 7) is 7.72. The molecule has 1 aliphatic rings. The average Bonchev–Trinajstić information content (AvgIpc) is 3.16. The second-order valence-electron chi connectivity index (χ2n) is 7.87. The number of unbranched alkanes of at least 4 members (excludes halogenated alkanes) is 1. The molecule has 0 saturated carbocycles. The molecule has 0 bridgehead atoms. The lowest BCUT2D eigenvalue weighted by Crippen LogP contribution is -2.27. The van der Waals surface area contributed by atoms with Crippen molar-refractivity contribution >= 4 is 37.5 Å². The second kappa shape index (κ2) is 10.1. The van der Waals surface area contributed by atoms with Crippen molar-refractivity contribution in [3.8, 4) is 11.5 Å². The Labute approximate surface area is 202 Å². The zero-order valence-electron chi connectivity index (χ0n) is 19.2. The maximum absolute atomic E-state index is 12.9. The lowest BCUT2D eigenvalue weighted by atomic mass is 10.2. The van der Waals surface area contributed by atoms with Gasteiger partial charge < -0.3 is 14.0 Å². The van der Waals surface area contributed by atoms with Crippen molar-refractivity contribution in [2.45, 2.75) is 31.2 Å². The van der Waals surface area contributed by atoms with Gasteiger partial charge in [0, 0.05) is 37.8 Å². The summed E-state index contributed by atoms with van der Waals surface area (Å²) < 4.78 is 40.9. The smallest absolute Gasteiger partial charge is 0.279 e. The molecule has 10 heteroatoms. The van der Waals surface area contributed by atoms with Crippen molar-refractivity contribution in [3.63, 3.8) is 0 Å². The summed E-state index contributed by atoms with van der Waals surface area (Å²) in [5.74, 6) is 0.877. The summed E-state index contributed by atoms with van der Waals surface area (Å²) >= 11 is 1.37. The van der Waals surface area contributed by atoms with Gasteiger partial charge in [-0.3, -0.25) is 4.79 Å². The number of ether oxygens (including phenoxy) is 2. The zero-order chi connectivity index (χ0) is 24.3. The van der Waals surface area contributed by atoms with Crippen LogP contribution in [0.3, 0.4) is 0 Å². The van der Waals surface area contributed by atoms with E-state index in [9.17, 15) is 13.2 Å². The van der Waals surface area contributed by atoms with Gasteiger partial charge >= 0.3 is 0 Å². The molecule has 1 aromatic heterocycles. The van der Waals surface area contributed by atoms with Gasteiger partial charge in [0.2, 0.25) is 10.0 Å². The van der Waals surface area contributed by atoms with E-state index >= 15 is 0 Å². The maximum Gasteiger partial charge on any atom is 0.279 e. The minimum Gasteiger partial charge on any atom is -0.486 e. The van der Waals surface area contributed by atoms with Gasteiger partial charge in [-0.2, -0.15) is 4.99 Å². The van der Waals surface area contributed by atoms with E-state index in [2.05, 4.69) is 11.6 Å². The number of carbonyl (C=O) groups excluding carboxylic acids is 1. The number of hydrogen-bond donors (Lipinski definition) is 0. The summed E-state index contributed by atoms with van der Waals surface area (Å²) in [5.41, 5.74) is 1.18. The number of allylic oxidation sites excluding steroid dienone is 1. The predicted octanol–water partition coefficient (Wildman–Crippen LogP) is 3.82. The van der Waals surface area contributed by atoms with Gasteiger partial charge in [-0.05, 0) is 30.7 Å². The van der Waals surface area contributed by atoms with E-state index in [0.717, 1.165) is 23.1 Å². The summed E-state index contributed by atoms with van der Waals surface area (Å²) in [5, 5.41) is 0. The molecule has 2 aromatic carbocycles. The molecule has 8 nitrogen and oxygen atoms in total. The highest BCUT2D eigenvalue weighted by molar-refractivity contribution is 7.89. The van der Waals surface area contributed by atoms with Crippen LogP contribution in [0, 0.1) is 0 Å². The minimum atomic E-state index is -3.60. The molecule has 0 N–H and O–H groups in total. The van der Waals surface area contributed by atoms with Gasteiger partial charge in [0.15, 0.2) is 16.3 Å². The molecule has 1 amide bonds. The van der Waals surface area contributed by atoms with Crippen molar-refractivity contribution in [2.75, 3.05) is 26.8 Å². The van der Waals surface area contributed by atoms with Crippen molar-refractivity contribution in [1.29, 1.82) is 0 Å². The van der Waals surface area contributed by atoms with E-state index in [1.165, 1.54) is 39.9 Å². The molecule has 180 valence electrons. The van der Waals surface area contributed by atoms with Crippen molar-refractivity contribution in [2.24, 2.45) is 4.99 Å².